The monoisotopic (exact) mass is 1620 g/mol. The zero-order valence-corrected chi connectivity index (χ0v) is 81.8. The Bertz CT molecular complexity index is 3970. The number of unbranched alkanes of at least 4 members (excludes halogenated alkanes) is 14. The second-order valence-electron chi connectivity index (χ2n) is 37.4. The molecule has 0 amide bonds. The van der Waals surface area contributed by atoms with Gasteiger partial charge in [-0.15, -0.1) is 0 Å². The minimum absolute atomic E-state index is 0.850. The van der Waals surface area contributed by atoms with Crippen LogP contribution in [-0.4, -0.2) is 0 Å². The molecule has 658 valence electrons. The Kier molecular flexibility index (Phi) is 52.2. The molecular weight excluding hydrogens is 1440 g/mol. The normalized spacial score (nSPS) is 13.1. The molecule has 11 rings (SSSR count). The number of hydrogen-bond acceptors (Lipinski definition) is 0. The van der Waals surface area contributed by atoms with E-state index in [-0.39, 0.29) is 0 Å². The van der Waals surface area contributed by atoms with Crippen molar-refractivity contribution in [2.75, 3.05) is 0 Å². The summed E-state index contributed by atoms with van der Waals surface area (Å²) in [6, 6.07) is 62.9. The van der Waals surface area contributed by atoms with Gasteiger partial charge in [-0.3, -0.25) is 0 Å². The van der Waals surface area contributed by atoms with Crippen LogP contribution in [0.1, 0.15) is 408 Å². The fourth-order valence-corrected chi connectivity index (χ4v) is 18.7. The highest BCUT2D eigenvalue weighted by Crippen LogP contribution is 2.40. The zero-order chi connectivity index (χ0) is 87.4. The van der Waals surface area contributed by atoms with E-state index in [0.717, 1.165) is 23.7 Å². The molecular formula is C120H178. The number of rotatable bonds is 36. The lowest BCUT2D eigenvalue weighted by molar-refractivity contribution is 0.437. The van der Waals surface area contributed by atoms with Crippen molar-refractivity contribution in [1.29, 1.82) is 0 Å². The quantitative estimate of drug-likeness (QED) is 0.0343. The smallest absolute Gasteiger partial charge is 0.0152 e. The second-order valence-corrected chi connectivity index (χ2v) is 37.4. The molecule has 2 saturated carbocycles. The van der Waals surface area contributed by atoms with Crippen molar-refractivity contribution in [3.8, 4) is 22.3 Å². The van der Waals surface area contributed by atoms with Gasteiger partial charge in [-0.1, -0.05) is 420 Å². The molecule has 0 N–H and O–H groups in total. The van der Waals surface area contributed by atoms with Crippen LogP contribution >= 0.6 is 0 Å². The maximum atomic E-state index is 2.55. The average Bonchev–Trinajstić information content (AvgIpc) is 0.794. The van der Waals surface area contributed by atoms with Crippen molar-refractivity contribution in [2.45, 2.75) is 421 Å². The standard InChI is InChI=1S/C24H42.C20H30.C20H18.C20H34.2C14H22.C8H10/c1-7-11-13-21(9-3)17-23-15-20(6)24(16-19(23)5)18-22(10-4)14-12-8-2;2*1-15-13-20(18-11-7-4-8-12-18)16(2)14-19(15)17-9-5-3-6-10-17;1-5-7-9-11-13-19-15-18(4)20(16-17(19)3)14-12-10-8-6-2;1-4-5-6-7-8-14-10-12(2)9-13(3)11-14;1-4-5-6-7-8-14-11-12(2)9-10-13(14)3;1-7-4-3-5-8(2)6-7/h15-16,21-22H,7-14,17-18H2,1-6H3;13-14,17-18H,3-12H2,1-2H3;3-14H,1-2H3;15-16H,5-14H2,1-4H3;2*9-11H,4-8H2,1-3H3;3-6H,1-2H3. The molecule has 2 fully saturated rings. The summed E-state index contributed by atoms with van der Waals surface area (Å²) in [4.78, 5) is 0. The van der Waals surface area contributed by atoms with Crippen LogP contribution in [0.2, 0.25) is 0 Å². The minimum Gasteiger partial charge on any atom is -0.0654 e. The van der Waals surface area contributed by atoms with Gasteiger partial charge >= 0.3 is 0 Å². The number of hydrogen-bond donors (Lipinski definition) is 0. The van der Waals surface area contributed by atoms with Crippen molar-refractivity contribution in [3.63, 3.8) is 0 Å². The third-order valence-corrected chi connectivity index (χ3v) is 26.4. The summed E-state index contributed by atoms with van der Waals surface area (Å²) < 4.78 is 0. The van der Waals surface area contributed by atoms with Crippen molar-refractivity contribution in [3.05, 3.63) is 292 Å². The largest absolute Gasteiger partial charge is 0.0654 e. The highest BCUT2D eigenvalue weighted by Gasteiger charge is 2.23. The summed E-state index contributed by atoms with van der Waals surface area (Å²) in [5.41, 5.74) is 38.1. The Morgan fingerprint density at radius 2 is 0.575 bits per heavy atom. The van der Waals surface area contributed by atoms with E-state index in [0.29, 0.717) is 0 Å². The Labute approximate surface area is 742 Å². The molecule has 9 aromatic carbocycles. The molecule has 9 aromatic rings. The van der Waals surface area contributed by atoms with Gasteiger partial charge in [0, 0.05) is 0 Å². The van der Waals surface area contributed by atoms with Crippen LogP contribution in [-0.2, 0) is 38.5 Å². The van der Waals surface area contributed by atoms with Crippen molar-refractivity contribution in [1.82, 2.24) is 0 Å². The molecule has 2 aliphatic rings. The maximum Gasteiger partial charge on any atom is -0.0152 e. The first-order valence-corrected chi connectivity index (χ1v) is 49.7. The van der Waals surface area contributed by atoms with Crippen LogP contribution in [0.4, 0.5) is 0 Å². The first-order valence-electron chi connectivity index (χ1n) is 49.7. The maximum absolute atomic E-state index is 2.55. The summed E-state index contributed by atoms with van der Waals surface area (Å²) in [7, 11) is 0. The first-order chi connectivity index (χ1) is 58.0. The Morgan fingerprint density at radius 3 is 0.925 bits per heavy atom. The van der Waals surface area contributed by atoms with Crippen LogP contribution < -0.4 is 0 Å². The second kappa shape index (κ2) is 60.5. The van der Waals surface area contributed by atoms with Gasteiger partial charge in [-0.25, -0.2) is 0 Å². The van der Waals surface area contributed by atoms with Crippen LogP contribution in [0.3, 0.4) is 0 Å². The molecule has 0 spiro atoms. The van der Waals surface area contributed by atoms with Crippen molar-refractivity contribution < 1.29 is 0 Å². The van der Waals surface area contributed by atoms with Crippen LogP contribution in [0, 0.1) is 109 Å². The van der Waals surface area contributed by atoms with Gasteiger partial charge in [0.15, 0.2) is 0 Å². The molecule has 120 heavy (non-hydrogen) atoms. The first kappa shape index (κ1) is 104. The molecule has 2 atom stereocenters. The fourth-order valence-electron chi connectivity index (χ4n) is 18.7. The topological polar surface area (TPSA) is 0 Å². The van der Waals surface area contributed by atoms with Gasteiger partial charge in [0.2, 0.25) is 0 Å². The van der Waals surface area contributed by atoms with Crippen LogP contribution in [0.15, 0.2) is 170 Å². The minimum atomic E-state index is 0.850. The van der Waals surface area contributed by atoms with E-state index in [9.17, 15) is 0 Å². The third kappa shape index (κ3) is 39.7. The third-order valence-electron chi connectivity index (χ3n) is 26.4. The van der Waals surface area contributed by atoms with E-state index in [1.165, 1.54) is 351 Å². The summed E-state index contributed by atoms with van der Waals surface area (Å²) in [6.45, 7) is 49.7. The lowest BCUT2D eigenvalue weighted by atomic mass is 9.77. The predicted molar refractivity (Wildman–Crippen MR) is 539 cm³/mol. The molecule has 0 saturated heterocycles. The Hall–Kier alpha value is -7.02. The molecule has 0 heteroatoms. The summed E-state index contributed by atoms with van der Waals surface area (Å²) in [5, 5.41) is 0. The van der Waals surface area contributed by atoms with Crippen LogP contribution in [0.25, 0.3) is 22.3 Å². The van der Waals surface area contributed by atoms with Crippen LogP contribution in [0.5, 0.6) is 0 Å². The fraction of sp³-hybridized carbons (Fsp3) is 0.550. The van der Waals surface area contributed by atoms with Gasteiger partial charge in [0.1, 0.15) is 0 Å². The molecule has 0 aromatic heterocycles. The van der Waals surface area contributed by atoms with E-state index >= 15 is 0 Å². The van der Waals surface area contributed by atoms with E-state index in [1.54, 1.807) is 50.1 Å². The van der Waals surface area contributed by atoms with Gasteiger partial charge in [-0.2, -0.15) is 0 Å². The predicted octanol–water partition coefficient (Wildman–Crippen LogP) is 37.6. The van der Waals surface area contributed by atoms with Crippen molar-refractivity contribution >= 4 is 0 Å². The van der Waals surface area contributed by atoms with E-state index < -0.39 is 0 Å². The number of aryl methyl sites for hydroxylation is 18. The molecule has 0 nitrogen and oxygen atoms in total. The molecule has 0 radical (unpaired) electrons. The lowest BCUT2D eigenvalue weighted by Crippen LogP contribution is -2.10. The lowest BCUT2D eigenvalue weighted by Gasteiger charge is -2.28. The van der Waals surface area contributed by atoms with Gasteiger partial charge < -0.3 is 0 Å². The number of benzene rings is 9. The van der Waals surface area contributed by atoms with Gasteiger partial charge in [0.25, 0.3) is 0 Å². The zero-order valence-electron chi connectivity index (χ0n) is 81.8. The summed E-state index contributed by atoms with van der Waals surface area (Å²) >= 11 is 0. The van der Waals surface area contributed by atoms with E-state index in [4.69, 9.17) is 0 Å². The van der Waals surface area contributed by atoms with E-state index in [1.807, 2.05) is 0 Å². The Morgan fingerprint density at radius 1 is 0.242 bits per heavy atom. The van der Waals surface area contributed by atoms with Crippen molar-refractivity contribution in [2.24, 2.45) is 11.8 Å². The molecule has 0 heterocycles. The molecule has 2 unspecified atom stereocenters. The summed E-state index contributed by atoms with van der Waals surface area (Å²) in [5.74, 6) is 3.43. The van der Waals surface area contributed by atoms with Gasteiger partial charge in [-0.05, 0) is 327 Å². The van der Waals surface area contributed by atoms with E-state index in [2.05, 4.69) is 322 Å². The Balaban J connectivity index is 0.000000253. The van der Waals surface area contributed by atoms with Gasteiger partial charge in [0.05, 0.1) is 0 Å². The highest BCUT2D eigenvalue weighted by atomic mass is 14.3. The molecule has 0 bridgehead atoms. The molecule has 2 aliphatic carbocycles. The SMILES string of the molecule is CCCCC(CC)Cc1cc(C)c(CC(CC)CCCC)cc1C.CCCCCCc1cc(C)c(CCCCCC)cc1C.CCCCCCc1cc(C)cc(C)c1.CCCCCCc1cc(C)ccc1C.Cc1cc(-c2ccccc2)c(C)cc1-c1ccccc1.Cc1cc(C2CCCCC2)c(C)cc1C1CCCCC1.Cc1cccc(C)c1. The molecule has 0 aliphatic heterocycles. The average molecular weight is 1620 g/mol. The summed E-state index contributed by atoms with van der Waals surface area (Å²) in [6.07, 6.45) is 54.5. The highest BCUT2D eigenvalue weighted by molar-refractivity contribution is 5.76.